The minimum Gasteiger partial charge on any atom is -0.497 e. The smallest absolute Gasteiger partial charge is 0.118 e. The Kier molecular flexibility index (Phi) is 7.14. The number of benzene rings is 1. The summed E-state index contributed by atoms with van der Waals surface area (Å²) in [5, 5.41) is 3.67. The molecule has 1 aliphatic rings. The van der Waals surface area contributed by atoms with E-state index in [9.17, 15) is 0 Å². The maximum absolute atomic E-state index is 5.15. The first kappa shape index (κ1) is 15.3. The van der Waals surface area contributed by atoms with Crippen molar-refractivity contribution >= 4 is 12.4 Å². The van der Waals surface area contributed by atoms with Gasteiger partial charge in [-0.2, -0.15) is 0 Å². The highest BCUT2D eigenvalue weighted by Crippen LogP contribution is 2.17. The molecule has 1 fully saturated rings. The summed E-state index contributed by atoms with van der Waals surface area (Å²) in [7, 11) is 1.71. The molecule has 0 aromatic heterocycles. The van der Waals surface area contributed by atoms with Crippen LogP contribution in [0.25, 0.3) is 0 Å². The lowest BCUT2D eigenvalue weighted by Crippen LogP contribution is -2.32. The molecule has 1 saturated carbocycles. The minimum atomic E-state index is 0. The molecular weight excluding hydrogens is 246 g/mol. The molecule has 0 spiro atoms. The number of hydrogen-bond donors (Lipinski definition) is 1. The summed E-state index contributed by atoms with van der Waals surface area (Å²) < 4.78 is 5.15. The largest absolute Gasteiger partial charge is 0.497 e. The van der Waals surface area contributed by atoms with Gasteiger partial charge in [-0.1, -0.05) is 31.4 Å². The summed E-state index contributed by atoms with van der Waals surface area (Å²) in [6, 6.07) is 9.15. The number of hydrogen-bond acceptors (Lipinski definition) is 2. The molecule has 3 heteroatoms. The summed E-state index contributed by atoms with van der Waals surface area (Å²) in [6.07, 6.45) is 8.07. The van der Waals surface area contributed by atoms with Crippen LogP contribution in [0.4, 0.5) is 0 Å². The number of ether oxygens (including phenoxy) is 1. The lowest BCUT2D eigenvalue weighted by Gasteiger charge is -2.22. The summed E-state index contributed by atoms with van der Waals surface area (Å²) in [5.41, 5.74) is 1.38. The predicted octanol–water partition coefficient (Wildman–Crippen LogP) is 3.58. The Labute approximate surface area is 117 Å². The quantitative estimate of drug-likeness (QED) is 0.882. The van der Waals surface area contributed by atoms with Crippen molar-refractivity contribution in [2.45, 2.75) is 44.6 Å². The molecule has 18 heavy (non-hydrogen) atoms. The van der Waals surface area contributed by atoms with Crippen LogP contribution in [0.1, 0.15) is 37.7 Å². The van der Waals surface area contributed by atoms with E-state index in [4.69, 9.17) is 4.74 Å². The van der Waals surface area contributed by atoms with Crippen LogP contribution in [0.2, 0.25) is 0 Å². The van der Waals surface area contributed by atoms with E-state index >= 15 is 0 Å². The van der Waals surface area contributed by atoms with Crippen molar-refractivity contribution < 1.29 is 4.74 Å². The molecule has 2 rings (SSSR count). The highest BCUT2D eigenvalue weighted by molar-refractivity contribution is 5.85. The van der Waals surface area contributed by atoms with Crippen molar-refractivity contribution in [2.75, 3.05) is 13.7 Å². The van der Waals surface area contributed by atoms with Crippen LogP contribution >= 0.6 is 12.4 Å². The second kappa shape index (κ2) is 8.39. The number of halogens is 1. The van der Waals surface area contributed by atoms with Crippen molar-refractivity contribution in [1.29, 1.82) is 0 Å². The summed E-state index contributed by atoms with van der Waals surface area (Å²) in [4.78, 5) is 0. The van der Waals surface area contributed by atoms with Crippen LogP contribution in [-0.4, -0.2) is 19.7 Å². The van der Waals surface area contributed by atoms with Gasteiger partial charge in [0.15, 0.2) is 0 Å². The fourth-order valence-electron chi connectivity index (χ4n) is 2.52. The highest BCUT2D eigenvalue weighted by Gasteiger charge is 2.11. The van der Waals surface area contributed by atoms with E-state index in [0.717, 1.165) is 24.8 Å². The van der Waals surface area contributed by atoms with E-state index in [1.165, 1.54) is 37.7 Å². The van der Waals surface area contributed by atoms with Gasteiger partial charge in [-0.15, -0.1) is 12.4 Å². The monoisotopic (exact) mass is 269 g/mol. The van der Waals surface area contributed by atoms with E-state index < -0.39 is 0 Å². The van der Waals surface area contributed by atoms with E-state index in [1.807, 2.05) is 12.1 Å². The van der Waals surface area contributed by atoms with Gasteiger partial charge in [-0.05, 0) is 43.5 Å². The van der Waals surface area contributed by atoms with Crippen LogP contribution < -0.4 is 10.1 Å². The van der Waals surface area contributed by atoms with Crippen molar-refractivity contribution in [2.24, 2.45) is 0 Å². The Morgan fingerprint density at radius 1 is 1.11 bits per heavy atom. The zero-order valence-corrected chi connectivity index (χ0v) is 12.0. The van der Waals surface area contributed by atoms with E-state index in [1.54, 1.807) is 7.11 Å². The summed E-state index contributed by atoms with van der Waals surface area (Å²) >= 11 is 0. The number of nitrogens with one attached hydrogen (secondary N) is 1. The molecule has 1 N–H and O–H groups in total. The standard InChI is InChI=1S/C15H23NO.ClH/c1-17-15-9-7-13(8-10-15)11-12-16-14-5-3-2-4-6-14;/h7-10,14,16H,2-6,11-12H2,1H3;1H. The molecule has 0 bridgehead atoms. The molecule has 102 valence electrons. The second-order valence-corrected chi connectivity index (χ2v) is 4.89. The molecular formula is C15H24ClNO. The van der Waals surface area contributed by atoms with E-state index in [0.29, 0.717) is 0 Å². The van der Waals surface area contributed by atoms with Crippen LogP contribution in [0.15, 0.2) is 24.3 Å². The summed E-state index contributed by atoms with van der Waals surface area (Å²) in [6.45, 7) is 1.09. The van der Waals surface area contributed by atoms with Gasteiger partial charge >= 0.3 is 0 Å². The summed E-state index contributed by atoms with van der Waals surface area (Å²) in [5.74, 6) is 0.939. The second-order valence-electron chi connectivity index (χ2n) is 4.89. The average Bonchev–Trinajstić information content (AvgIpc) is 2.41. The van der Waals surface area contributed by atoms with Gasteiger partial charge < -0.3 is 10.1 Å². The van der Waals surface area contributed by atoms with Crippen molar-refractivity contribution in [3.05, 3.63) is 29.8 Å². The molecule has 2 nitrogen and oxygen atoms in total. The molecule has 1 aromatic carbocycles. The first-order chi connectivity index (χ1) is 8.38. The minimum absolute atomic E-state index is 0. The Morgan fingerprint density at radius 2 is 1.78 bits per heavy atom. The fraction of sp³-hybridized carbons (Fsp3) is 0.600. The third kappa shape index (κ3) is 4.87. The molecule has 0 aliphatic heterocycles. The fourth-order valence-corrected chi connectivity index (χ4v) is 2.52. The third-order valence-corrected chi connectivity index (χ3v) is 3.61. The highest BCUT2D eigenvalue weighted by atomic mass is 35.5. The van der Waals surface area contributed by atoms with Gasteiger partial charge in [0.25, 0.3) is 0 Å². The van der Waals surface area contributed by atoms with Crippen LogP contribution in [0, 0.1) is 0 Å². The van der Waals surface area contributed by atoms with Crippen molar-refractivity contribution in [3.63, 3.8) is 0 Å². The van der Waals surface area contributed by atoms with E-state index in [2.05, 4.69) is 17.4 Å². The van der Waals surface area contributed by atoms with Crippen LogP contribution in [0.5, 0.6) is 5.75 Å². The molecule has 0 atom stereocenters. The lowest BCUT2D eigenvalue weighted by atomic mass is 9.95. The van der Waals surface area contributed by atoms with E-state index in [-0.39, 0.29) is 12.4 Å². The number of methoxy groups -OCH3 is 1. The normalized spacial score (nSPS) is 16.1. The molecule has 0 heterocycles. The molecule has 1 aromatic rings. The first-order valence-electron chi connectivity index (χ1n) is 6.75. The molecule has 1 aliphatic carbocycles. The van der Waals surface area contributed by atoms with Crippen molar-refractivity contribution in [1.82, 2.24) is 5.32 Å². The van der Waals surface area contributed by atoms with Gasteiger partial charge in [0.1, 0.15) is 5.75 Å². The Morgan fingerprint density at radius 3 is 2.39 bits per heavy atom. The maximum Gasteiger partial charge on any atom is 0.118 e. The SMILES string of the molecule is COc1ccc(CCNC2CCCCC2)cc1.Cl. The Balaban J connectivity index is 0.00000162. The lowest BCUT2D eigenvalue weighted by molar-refractivity contribution is 0.375. The predicted molar refractivity (Wildman–Crippen MR) is 78.8 cm³/mol. The van der Waals surface area contributed by atoms with Gasteiger partial charge in [0.05, 0.1) is 7.11 Å². The molecule has 0 unspecified atom stereocenters. The molecule has 0 amide bonds. The van der Waals surface area contributed by atoms with Gasteiger partial charge in [0.2, 0.25) is 0 Å². The van der Waals surface area contributed by atoms with Crippen molar-refractivity contribution in [3.8, 4) is 5.75 Å². The Hall–Kier alpha value is -0.730. The maximum atomic E-state index is 5.15. The van der Waals surface area contributed by atoms with Gasteiger partial charge in [-0.25, -0.2) is 0 Å². The average molecular weight is 270 g/mol. The van der Waals surface area contributed by atoms with Gasteiger partial charge in [0, 0.05) is 6.04 Å². The van der Waals surface area contributed by atoms with Crippen LogP contribution in [-0.2, 0) is 6.42 Å². The number of rotatable bonds is 5. The molecule has 0 radical (unpaired) electrons. The third-order valence-electron chi connectivity index (χ3n) is 3.61. The van der Waals surface area contributed by atoms with Gasteiger partial charge in [-0.3, -0.25) is 0 Å². The topological polar surface area (TPSA) is 21.3 Å². The first-order valence-corrected chi connectivity index (χ1v) is 6.75. The zero-order chi connectivity index (χ0) is 11.9. The molecule has 0 saturated heterocycles. The Bertz CT molecular complexity index is 320. The zero-order valence-electron chi connectivity index (χ0n) is 11.2. The van der Waals surface area contributed by atoms with Crippen LogP contribution in [0.3, 0.4) is 0 Å².